The Morgan fingerprint density at radius 1 is 1.12 bits per heavy atom. The predicted molar refractivity (Wildman–Crippen MR) is 102 cm³/mol. The second-order valence-corrected chi connectivity index (χ2v) is 7.53. The van der Waals surface area contributed by atoms with Gasteiger partial charge < -0.3 is 15.1 Å². The summed E-state index contributed by atoms with van der Waals surface area (Å²) in [7, 11) is 0. The predicted octanol–water partition coefficient (Wildman–Crippen LogP) is 2.35. The van der Waals surface area contributed by atoms with Crippen LogP contribution < -0.4 is 10.2 Å². The minimum absolute atomic E-state index is 0.0480. The first-order valence-electron chi connectivity index (χ1n) is 8.91. The molecular weight excluding hydrogens is 328 g/mol. The molecule has 0 aliphatic carbocycles. The number of piperazine rings is 1. The summed E-state index contributed by atoms with van der Waals surface area (Å²) in [5.41, 5.74) is 0.311. The summed E-state index contributed by atoms with van der Waals surface area (Å²) in [6, 6.07) is 7.62. The van der Waals surface area contributed by atoms with E-state index in [1.807, 2.05) is 30.0 Å². The van der Waals surface area contributed by atoms with Crippen LogP contribution in [0.15, 0.2) is 30.5 Å². The number of rotatable bonds is 3. The molecule has 3 rings (SSSR count). The van der Waals surface area contributed by atoms with Crippen molar-refractivity contribution in [1.82, 2.24) is 19.9 Å². The van der Waals surface area contributed by atoms with Gasteiger partial charge in [-0.05, 0) is 39.8 Å². The van der Waals surface area contributed by atoms with Crippen molar-refractivity contribution in [2.45, 2.75) is 33.2 Å². The van der Waals surface area contributed by atoms with Gasteiger partial charge in [-0.2, -0.15) is 0 Å². The molecule has 1 N–H and O–H groups in total. The highest BCUT2D eigenvalue weighted by molar-refractivity contribution is 5.93. The molecule has 1 aliphatic heterocycles. The highest BCUT2D eigenvalue weighted by atomic mass is 16.2. The van der Waals surface area contributed by atoms with E-state index in [1.165, 1.54) is 0 Å². The van der Waals surface area contributed by atoms with E-state index in [2.05, 4.69) is 45.9 Å². The maximum atomic E-state index is 12.9. The second kappa shape index (κ2) is 7.27. The van der Waals surface area contributed by atoms with E-state index < -0.39 is 0 Å². The van der Waals surface area contributed by atoms with Crippen molar-refractivity contribution < 1.29 is 4.79 Å². The Morgan fingerprint density at radius 2 is 1.85 bits per heavy atom. The van der Waals surface area contributed by atoms with Crippen molar-refractivity contribution in [2.24, 2.45) is 0 Å². The topological polar surface area (TPSA) is 74.2 Å². The SMILES string of the molecule is Cc1nc(NC(C)(C)C)cc(C(=O)N2CCN(c3ccccn3)CC2)n1. The number of hydrogen-bond donors (Lipinski definition) is 1. The minimum atomic E-state index is -0.130. The third kappa shape index (κ3) is 4.47. The van der Waals surface area contributed by atoms with E-state index in [0.717, 1.165) is 18.9 Å². The zero-order chi connectivity index (χ0) is 18.7. The molecule has 0 atom stereocenters. The highest BCUT2D eigenvalue weighted by Gasteiger charge is 2.24. The number of amides is 1. The summed E-state index contributed by atoms with van der Waals surface area (Å²) in [6.45, 7) is 10.8. The van der Waals surface area contributed by atoms with Gasteiger partial charge in [0.1, 0.15) is 23.2 Å². The lowest BCUT2D eigenvalue weighted by Crippen LogP contribution is -2.49. The molecule has 2 aromatic rings. The molecule has 2 aromatic heterocycles. The average molecular weight is 354 g/mol. The number of hydrogen-bond acceptors (Lipinski definition) is 6. The molecule has 3 heterocycles. The van der Waals surface area contributed by atoms with Gasteiger partial charge in [-0.3, -0.25) is 4.79 Å². The van der Waals surface area contributed by atoms with Crippen molar-refractivity contribution >= 4 is 17.5 Å². The molecule has 1 fully saturated rings. The number of aryl methyl sites for hydroxylation is 1. The summed E-state index contributed by atoms with van der Waals surface area (Å²) in [6.07, 6.45) is 1.79. The van der Waals surface area contributed by atoms with Gasteiger partial charge in [-0.15, -0.1) is 0 Å². The fourth-order valence-corrected chi connectivity index (χ4v) is 2.97. The molecule has 7 heteroatoms. The van der Waals surface area contributed by atoms with Crippen LogP contribution in [0.4, 0.5) is 11.6 Å². The Balaban J connectivity index is 1.69. The lowest BCUT2D eigenvalue weighted by atomic mass is 10.1. The van der Waals surface area contributed by atoms with Crippen LogP contribution in [0, 0.1) is 6.92 Å². The molecule has 0 radical (unpaired) electrons. The summed E-state index contributed by atoms with van der Waals surface area (Å²) in [5, 5.41) is 3.31. The molecule has 0 spiro atoms. The Bertz CT molecular complexity index is 763. The summed E-state index contributed by atoms with van der Waals surface area (Å²) >= 11 is 0. The number of nitrogens with zero attached hydrogens (tertiary/aromatic N) is 5. The fraction of sp³-hybridized carbons (Fsp3) is 0.474. The normalized spacial score (nSPS) is 15.1. The molecule has 0 unspecified atom stereocenters. The van der Waals surface area contributed by atoms with Crippen LogP contribution in [0.2, 0.25) is 0 Å². The van der Waals surface area contributed by atoms with Crippen molar-refractivity contribution in [3.8, 4) is 0 Å². The third-order valence-corrected chi connectivity index (χ3v) is 4.10. The molecule has 1 saturated heterocycles. The number of anilines is 2. The Kier molecular flexibility index (Phi) is 5.06. The van der Waals surface area contributed by atoms with Gasteiger partial charge in [0.15, 0.2) is 0 Å². The smallest absolute Gasteiger partial charge is 0.272 e. The van der Waals surface area contributed by atoms with Gasteiger partial charge in [-0.25, -0.2) is 15.0 Å². The largest absolute Gasteiger partial charge is 0.365 e. The van der Waals surface area contributed by atoms with Gasteiger partial charge in [0, 0.05) is 44.0 Å². The number of carbonyl (C=O) groups is 1. The first-order chi connectivity index (χ1) is 12.3. The molecule has 138 valence electrons. The molecule has 0 saturated carbocycles. The Morgan fingerprint density at radius 3 is 2.46 bits per heavy atom. The molecule has 7 nitrogen and oxygen atoms in total. The van der Waals surface area contributed by atoms with Gasteiger partial charge >= 0.3 is 0 Å². The van der Waals surface area contributed by atoms with Crippen molar-refractivity contribution in [3.63, 3.8) is 0 Å². The van der Waals surface area contributed by atoms with E-state index in [-0.39, 0.29) is 11.4 Å². The van der Waals surface area contributed by atoms with Crippen LogP contribution in [-0.2, 0) is 0 Å². The zero-order valence-electron chi connectivity index (χ0n) is 15.9. The molecule has 1 aliphatic rings. The lowest BCUT2D eigenvalue weighted by molar-refractivity contribution is 0.0740. The van der Waals surface area contributed by atoms with E-state index in [9.17, 15) is 4.79 Å². The molecule has 0 bridgehead atoms. The monoisotopic (exact) mass is 354 g/mol. The fourth-order valence-electron chi connectivity index (χ4n) is 2.97. The van der Waals surface area contributed by atoms with Crippen LogP contribution in [0.25, 0.3) is 0 Å². The Labute approximate surface area is 154 Å². The van der Waals surface area contributed by atoms with Gasteiger partial charge in [0.25, 0.3) is 5.91 Å². The summed E-state index contributed by atoms with van der Waals surface area (Å²) in [4.78, 5) is 30.1. The van der Waals surface area contributed by atoms with Crippen LogP contribution >= 0.6 is 0 Å². The summed E-state index contributed by atoms with van der Waals surface area (Å²) < 4.78 is 0. The third-order valence-electron chi connectivity index (χ3n) is 4.10. The molecule has 0 aromatic carbocycles. The number of carbonyl (C=O) groups excluding carboxylic acids is 1. The van der Waals surface area contributed by atoms with E-state index in [4.69, 9.17) is 0 Å². The van der Waals surface area contributed by atoms with Gasteiger partial charge in [0.2, 0.25) is 0 Å². The highest BCUT2D eigenvalue weighted by Crippen LogP contribution is 2.17. The first-order valence-corrected chi connectivity index (χ1v) is 8.91. The number of nitrogens with one attached hydrogen (secondary N) is 1. The van der Waals surface area contributed by atoms with E-state index >= 15 is 0 Å². The zero-order valence-corrected chi connectivity index (χ0v) is 15.9. The molecule has 26 heavy (non-hydrogen) atoms. The van der Waals surface area contributed by atoms with Crippen LogP contribution in [-0.4, -0.2) is 57.5 Å². The average Bonchev–Trinajstić information content (AvgIpc) is 2.60. The van der Waals surface area contributed by atoms with Crippen LogP contribution in [0.3, 0.4) is 0 Å². The second-order valence-electron chi connectivity index (χ2n) is 7.53. The van der Waals surface area contributed by atoms with Crippen molar-refractivity contribution in [2.75, 3.05) is 36.4 Å². The minimum Gasteiger partial charge on any atom is -0.365 e. The molecule has 1 amide bonds. The summed E-state index contributed by atoms with van der Waals surface area (Å²) in [5.74, 6) is 2.18. The Hall–Kier alpha value is -2.70. The van der Waals surface area contributed by atoms with E-state index in [1.54, 1.807) is 12.3 Å². The number of aromatic nitrogens is 3. The van der Waals surface area contributed by atoms with Crippen LogP contribution in [0.1, 0.15) is 37.1 Å². The lowest BCUT2D eigenvalue weighted by Gasteiger charge is -2.35. The maximum Gasteiger partial charge on any atom is 0.272 e. The number of pyridine rings is 1. The van der Waals surface area contributed by atoms with Crippen molar-refractivity contribution in [1.29, 1.82) is 0 Å². The standard InChI is InChI=1S/C19H26N6O/c1-14-21-15(13-16(22-14)23-19(2,3)4)18(26)25-11-9-24(10-12-25)17-7-5-6-8-20-17/h5-8,13H,9-12H2,1-4H3,(H,21,22,23). The van der Waals surface area contributed by atoms with Gasteiger partial charge in [-0.1, -0.05) is 6.07 Å². The first kappa shape index (κ1) is 18.1. The van der Waals surface area contributed by atoms with Crippen LogP contribution in [0.5, 0.6) is 0 Å². The molecular formula is C19H26N6O. The van der Waals surface area contributed by atoms with E-state index in [0.29, 0.717) is 30.4 Å². The quantitative estimate of drug-likeness (QED) is 0.912. The van der Waals surface area contributed by atoms with Crippen molar-refractivity contribution in [3.05, 3.63) is 42.0 Å². The maximum absolute atomic E-state index is 12.9. The van der Waals surface area contributed by atoms with Gasteiger partial charge in [0.05, 0.1) is 0 Å².